The lowest BCUT2D eigenvalue weighted by molar-refractivity contribution is -0.0552. The molecule has 0 bridgehead atoms. The van der Waals surface area contributed by atoms with Crippen molar-refractivity contribution in [2.75, 3.05) is 19.8 Å². The van der Waals surface area contributed by atoms with Gasteiger partial charge in [-0.25, -0.2) is 0 Å². The maximum atomic E-state index is 5.53. The fourth-order valence-electron chi connectivity index (χ4n) is 1.99. The third-order valence-corrected chi connectivity index (χ3v) is 3.82. The van der Waals surface area contributed by atoms with E-state index in [9.17, 15) is 0 Å². The molecule has 0 N–H and O–H groups in total. The van der Waals surface area contributed by atoms with E-state index in [1.165, 1.54) is 9.13 Å². The first-order chi connectivity index (χ1) is 7.58. The van der Waals surface area contributed by atoms with Crippen LogP contribution in [0, 0.1) is 3.57 Å². The monoisotopic (exact) mass is 331 g/mol. The highest BCUT2D eigenvalue weighted by Crippen LogP contribution is 2.21. The van der Waals surface area contributed by atoms with Gasteiger partial charge in [0.25, 0.3) is 0 Å². The quantitative estimate of drug-likeness (QED) is 0.773. The summed E-state index contributed by atoms with van der Waals surface area (Å²) in [7, 11) is 0. The zero-order chi connectivity index (χ0) is 11.6. The third kappa shape index (κ3) is 2.96. The van der Waals surface area contributed by atoms with E-state index in [4.69, 9.17) is 4.74 Å². The number of ether oxygens (including phenoxy) is 1. The molecule has 1 saturated heterocycles. The predicted molar refractivity (Wildman–Crippen MR) is 74.5 cm³/mol. The highest BCUT2D eigenvalue weighted by Gasteiger charge is 2.30. The molecule has 0 aromatic heterocycles. The van der Waals surface area contributed by atoms with Gasteiger partial charge < -0.3 is 4.74 Å². The van der Waals surface area contributed by atoms with Crippen LogP contribution in [0.5, 0.6) is 0 Å². The smallest absolute Gasteiger partial charge is 0.0645 e. The average molecular weight is 331 g/mol. The highest BCUT2D eigenvalue weighted by molar-refractivity contribution is 14.1. The Morgan fingerprint density at radius 2 is 2.00 bits per heavy atom. The van der Waals surface area contributed by atoms with E-state index in [2.05, 4.69) is 65.6 Å². The normalized spacial score (nSPS) is 20.9. The minimum Gasteiger partial charge on any atom is -0.378 e. The lowest BCUT2D eigenvalue weighted by Crippen LogP contribution is -2.52. The van der Waals surface area contributed by atoms with Gasteiger partial charge >= 0.3 is 0 Å². The van der Waals surface area contributed by atoms with Gasteiger partial charge in [-0.1, -0.05) is 12.1 Å². The average Bonchev–Trinajstić information content (AvgIpc) is 2.24. The number of rotatable bonds is 2. The van der Waals surface area contributed by atoms with E-state index >= 15 is 0 Å². The van der Waals surface area contributed by atoms with Crippen molar-refractivity contribution in [1.82, 2.24) is 4.90 Å². The number of benzene rings is 1. The van der Waals surface area contributed by atoms with Crippen LogP contribution in [-0.2, 0) is 11.3 Å². The molecule has 0 amide bonds. The number of hydrogen-bond acceptors (Lipinski definition) is 2. The molecule has 0 saturated carbocycles. The Morgan fingerprint density at radius 1 is 1.31 bits per heavy atom. The molecule has 1 aromatic carbocycles. The fourth-order valence-corrected chi connectivity index (χ4v) is 2.35. The van der Waals surface area contributed by atoms with Crippen molar-refractivity contribution in [1.29, 1.82) is 0 Å². The molecule has 0 spiro atoms. The predicted octanol–water partition coefficient (Wildman–Crippen LogP) is 2.90. The fraction of sp³-hybridized carbons (Fsp3) is 0.538. The molecule has 1 heterocycles. The van der Waals surface area contributed by atoms with Crippen LogP contribution in [0.2, 0.25) is 0 Å². The largest absolute Gasteiger partial charge is 0.378 e. The summed E-state index contributed by atoms with van der Waals surface area (Å²) in [5.41, 5.74) is 1.54. The van der Waals surface area contributed by atoms with Crippen molar-refractivity contribution in [2.45, 2.75) is 25.9 Å². The molecule has 2 rings (SSSR count). The molecule has 0 unspecified atom stereocenters. The minimum atomic E-state index is 0.154. The topological polar surface area (TPSA) is 12.5 Å². The minimum absolute atomic E-state index is 0.154. The van der Waals surface area contributed by atoms with Crippen molar-refractivity contribution in [2.24, 2.45) is 0 Å². The van der Waals surface area contributed by atoms with Gasteiger partial charge in [-0.15, -0.1) is 0 Å². The first-order valence-electron chi connectivity index (χ1n) is 5.65. The van der Waals surface area contributed by atoms with Crippen LogP contribution >= 0.6 is 22.6 Å². The van der Waals surface area contributed by atoms with E-state index < -0.39 is 0 Å². The first-order valence-corrected chi connectivity index (χ1v) is 6.73. The number of halogens is 1. The molecule has 0 aliphatic carbocycles. The lowest BCUT2D eigenvalue weighted by atomic mass is 10.0. The summed E-state index contributed by atoms with van der Waals surface area (Å²) in [6.07, 6.45) is 0. The molecule has 3 heteroatoms. The Balaban J connectivity index is 2.05. The summed E-state index contributed by atoms with van der Waals surface area (Å²) in [6, 6.07) is 8.77. The molecular weight excluding hydrogens is 313 g/mol. The second kappa shape index (κ2) is 5.02. The van der Waals surface area contributed by atoms with Crippen LogP contribution in [0.15, 0.2) is 24.3 Å². The molecule has 1 fully saturated rings. The van der Waals surface area contributed by atoms with Crippen LogP contribution in [0.1, 0.15) is 19.4 Å². The Kier molecular flexibility index (Phi) is 3.87. The van der Waals surface area contributed by atoms with E-state index in [1.807, 2.05) is 0 Å². The summed E-state index contributed by atoms with van der Waals surface area (Å²) in [5, 5.41) is 0. The van der Waals surface area contributed by atoms with Gasteiger partial charge in [0.05, 0.1) is 13.2 Å². The first kappa shape index (κ1) is 12.3. The molecule has 0 radical (unpaired) electrons. The van der Waals surface area contributed by atoms with Gasteiger partial charge in [0, 0.05) is 22.2 Å². The zero-order valence-corrected chi connectivity index (χ0v) is 12.0. The molecule has 0 atom stereocenters. The SMILES string of the molecule is CC1(C)COCCN1Cc1ccc(I)cc1. The van der Waals surface area contributed by atoms with Crippen molar-refractivity contribution in [3.63, 3.8) is 0 Å². The Labute approximate surface area is 111 Å². The summed E-state index contributed by atoms with van der Waals surface area (Å²) in [4.78, 5) is 2.50. The van der Waals surface area contributed by atoms with E-state index in [0.717, 1.165) is 26.3 Å². The van der Waals surface area contributed by atoms with Crippen LogP contribution in [0.3, 0.4) is 0 Å². The van der Waals surface area contributed by atoms with E-state index in [0.29, 0.717) is 0 Å². The second-order valence-corrected chi connectivity index (χ2v) is 6.16. The highest BCUT2D eigenvalue weighted by atomic mass is 127. The number of morpholine rings is 1. The van der Waals surface area contributed by atoms with Crippen LogP contribution in [0.25, 0.3) is 0 Å². The summed E-state index contributed by atoms with van der Waals surface area (Å²) < 4.78 is 6.82. The van der Waals surface area contributed by atoms with Crippen molar-refractivity contribution < 1.29 is 4.74 Å². The molecule has 1 aliphatic rings. The Hall–Kier alpha value is -0.130. The maximum Gasteiger partial charge on any atom is 0.0645 e. The Morgan fingerprint density at radius 3 is 2.62 bits per heavy atom. The molecule has 1 aromatic rings. The van der Waals surface area contributed by atoms with Gasteiger partial charge in [0.15, 0.2) is 0 Å². The van der Waals surface area contributed by atoms with E-state index in [1.54, 1.807) is 0 Å². The third-order valence-electron chi connectivity index (χ3n) is 3.10. The summed E-state index contributed by atoms with van der Waals surface area (Å²) >= 11 is 2.34. The van der Waals surface area contributed by atoms with Crippen molar-refractivity contribution >= 4 is 22.6 Å². The standard InChI is InChI=1S/C13H18INO/c1-13(2)10-16-8-7-15(13)9-11-3-5-12(14)6-4-11/h3-6H,7-10H2,1-2H3. The van der Waals surface area contributed by atoms with Crippen LogP contribution < -0.4 is 0 Å². The van der Waals surface area contributed by atoms with Crippen LogP contribution in [-0.4, -0.2) is 30.2 Å². The number of nitrogens with zero attached hydrogens (tertiary/aromatic N) is 1. The molecule has 1 aliphatic heterocycles. The molecule has 88 valence electrons. The van der Waals surface area contributed by atoms with Gasteiger partial charge in [-0.3, -0.25) is 4.90 Å². The van der Waals surface area contributed by atoms with Gasteiger partial charge in [-0.05, 0) is 54.1 Å². The van der Waals surface area contributed by atoms with E-state index in [-0.39, 0.29) is 5.54 Å². The van der Waals surface area contributed by atoms with Crippen molar-refractivity contribution in [3.8, 4) is 0 Å². The second-order valence-electron chi connectivity index (χ2n) is 4.91. The lowest BCUT2D eigenvalue weighted by Gasteiger charge is -2.42. The summed E-state index contributed by atoms with van der Waals surface area (Å²) in [6.45, 7) is 8.23. The van der Waals surface area contributed by atoms with Gasteiger partial charge in [0.2, 0.25) is 0 Å². The number of hydrogen-bond donors (Lipinski definition) is 0. The van der Waals surface area contributed by atoms with Gasteiger partial charge in [0.1, 0.15) is 0 Å². The zero-order valence-electron chi connectivity index (χ0n) is 9.87. The molecule has 2 nitrogen and oxygen atoms in total. The molecule has 16 heavy (non-hydrogen) atoms. The molecular formula is C13H18INO. The Bertz CT molecular complexity index is 347. The summed E-state index contributed by atoms with van der Waals surface area (Å²) in [5.74, 6) is 0. The van der Waals surface area contributed by atoms with Crippen LogP contribution in [0.4, 0.5) is 0 Å². The van der Waals surface area contributed by atoms with Crippen molar-refractivity contribution in [3.05, 3.63) is 33.4 Å². The van der Waals surface area contributed by atoms with Gasteiger partial charge in [-0.2, -0.15) is 0 Å². The maximum absolute atomic E-state index is 5.53.